The number of nitrogens with one attached hydrogen (secondary N) is 2. The van der Waals surface area contributed by atoms with Gasteiger partial charge < -0.3 is 0 Å². The summed E-state index contributed by atoms with van der Waals surface area (Å²) >= 11 is 0. The fourth-order valence-electron chi connectivity index (χ4n) is 1.89. The number of hydrazone groups is 1. The maximum atomic E-state index is 12.5. The van der Waals surface area contributed by atoms with E-state index in [9.17, 15) is 18.0 Å². The zero-order chi connectivity index (χ0) is 18.4. The summed E-state index contributed by atoms with van der Waals surface area (Å²) < 4.78 is 37.4. The Morgan fingerprint density at radius 2 is 1.60 bits per heavy atom. The third-order valence-corrected chi connectivity index (χ3v) is 3.25. The molecular formula is C17H14F3N3O2. The van der Waals surface area contributed by atoms with Crippen LogP contribution in [0.1, 0.15) is 27.0 Å². The van der Waals surface area contributed by atoms with Crippen LogP contribution in [-0.2, 0) is 6.18 Å². The summed E-state index contributed by atoms with van der Waals surface area (Å²) in [6.07, 6.45) is -3.01. The van der Waals surface area contributed by atoms with Gasteiger partial charge in [-0.25, -0.2) is 5.48 Å². The second-order valence-electron chi connectivity index (χ2n) is 4.99. The molecule has 25 heavy (non-hydrogen) atoms. The van der Waals surface area contributed by atoms with E-state index in [1.54, 1.807) is 12.1 Å². The number of nitrogens with zero attached hydrogens (tertiary/aromatic N) is 1. The van der Waals surface area contributed by atoms with Crippen LogP contribution in [0.3, 0.4) is 0 Å². The molecule has 0 atom stereocenters. The molecule has 0 aliphatic heterocycles. The molecule has 0 unspecified atom stereocenters. The molecule has 0 aliphatic carbocycles. The number of alkyl halides is 3. The molecule has 1 amide bonds. The van der Waals surface area contributed by atoms with Crippen LogP contribution in [0.25, 0.3) is 5.70 Å². The molecule has 3 N–H and O–H groups in total. The van der Waals surface area contributed by atoms with E-state index in [4.69, 9.17) is 5.21 Å². The van der Waals surface area contributed by atoms with Gasteiger partial charge in [-0.05, 0) is 35.4 Å². The van der Waals surface area contributed by atoms with Crippen molar-refractivity contribution in [1.82, 2.24) is 10.9 Å². The standard InChI is InChI=1S/C17H14F3N3O2/c1-11(13-4-6-14(7-5-13)16(24)23-25)22-21-10-12-2-8-15(9-3-12)17(18,19)20/h2-10,22,25H,1H2,(H,23,24)/b21-10+. The van der Waals surface area contributed by atoms with Crippen molar-refractivity contribution in [2.24, 2.45) is 5.10 Å². The summed E-state index contributed by atoms with van der Waals surface area (Å²) in [5.74, 6) is -0.634. The summed E-state index contributed by atoms with van der Waals surface area (Å²) in [5, 5.41) is 12.5. The number of hydroxylamine groups is 1. The van der Waals surface area contributed by atoms with Crippen LogP contribution in [0.2, 0.25) is 0 Å². The molecule has 0 fully saturated rings. The molecule has 8 heteroatoms. The molecule has 2 rings (SSSR count). The maximum Gasteiger partial charge on any atom is 0.416 e. The van der Waals surface area contributed by atoms with Crippen molar-refractivity contribution >= 4 is 17.8 Å². The lowest BCUT2D eigenvalue weighted by atomic mass is 10.1. The predicted octanol–water partition coefficient (Wildman–Crippen LogP) is 3.42. The van der Waals surface area contributed by atoms with Crippen LogP contribution in [0.5, 0.6) is 0 Å². The lowest BCUT2D eigenvalue weighted by Crippen LogP contribution is -2.18. The molecule has 0 aromatic heterocycles. The molecule has 0 spiro atoms. The highest BCUT2D eigenvalue weighted by molar-refractivity contribution is 5.93. The van der Waals surface area contributed by atoms with Crippen molar-refractivity contribution in [3.8, 4) is 0 Å². The number of carbonyl (C=O) groups excluding carboxylic acids is 1. The summed E-state index contributed by atoms with van der Waals surface area (Å²) in [7, 11) is 0. The first kappa shape index (κ1) is 18.2. The number of carbonyl (C=O) groups is 1. The zero-order valence-corrected chi connectivity index (χ0v) is 12.8. The second kappa shape index (κ2) is 7.63. The fraction of sp³-hybridized carbons (Fsp3) is 0.0588. The number of amides is 1. The fourth-order valence-corrected chi connectivity index (χ4v) is 1.89. The van der Waals surface area contributed by atoms with Gasteiger partial charge in [0, 0.05) is 5.56 Å². The summed E-state index contributed by atoms with van der Waals surface area (Å²) in [6.45, 7) is 3.77. The van der Waals surface area contributed by atoms with Gasteiger partial charge in [-0.3, -0.25) is 15.4 Å². The maximum absolute atomic E-state index is 12.5. The summed E-state index contributed by atoms with van der Waals surface area (Å²) in [4.78, 5) is 11.2. The molecule has 2 aromatic carbocycles. The topological polar surface area (TPSA) is 73.7 Å². The van der Waals surface area contributed by atoms with E-state index in [2.05, 4.69) is 17.1 Å². The number of rotatable bonds is 5. The predicted molar refractivity (Wildman–Crippen MR) is 86.9 cm³/mol. The van der Waals surface area contributed by atoms with E-state index in [0.717, 1.165) is 12.1 Å². The zero-order valence-electron chi connectivity index (χ0n) is 12.8. The van der Waals surface area contributed by atoms with E-state index < -0.39 is 17.6 Å². The van der Waals surface area contributed by atoms with Gasteiger partial charge in [0.15, 0.2) is 0 Å². The molecule has 0 heterocycles. The minimum atomic E-state index is -4.37. The first-order chi connectivity index (χ1) is 11.8. The molecule has 0 bridgehead atoms. The Balaban J connectivity index is 1.97. The highest BCUT2D eigenvalue weighted by Gasteiger charge is 2.29. The largest absolute Gasteiger partial charge is 0.416 e. The van der Waals surface area contributed by atoms with E-state index in [1.165, 1.54) is 36.0 Å². The Morgan fingerprint density at radius 3 is 2.12 bits per heavy atom. The first-order valence-electron chi connectivity index (χ1n) is 7.01. The lowest BCUT2D eigenvalue weighted by Gasteiger charge is -2.07. The normalized spacial score (nSPS) is 11.4. The van der Waals surface area contributed by atoms with Crippen LogP contribution in [0, 0.1) is 0 Å². The number of hydrogen-bond donors (Lipinski definition) is 3. The van der Waals surface area contributed by atoms with Crippen molar-refractivity contribution < 1.29 is 23.2 Å². The van der Waals surface area contributed by atoms with Gasteiger partial charge in [0.25, 0.3) is 5.91 Å². The molecule has 0 aliphatic rings. The molecule has 130 valence electrons. The van der Waals surface area contributed by atoms with Crippen molar-refractivity contribution in [1.29, 1.82) is 0 Å². The minimum Gasteiger partial charge on any atom is -0.288 e. The van der Waals surface area contributed by atoms with Gasteiger partial charge in [-0.15, -0.1) is 0 Å². The van der Waals surface area contributed by atoms with Crippen LogP contribution < -0.4 is 10.9 Å². The van der Waals surface area contributed by atoms with Gasteiger partial charge in [0.1, 0.15) is 0 Å². The lowest BCUT2D eigenvalue weighted by molar-refractivity contribution is -0.137. The van der Waals surface area contributed by atoms with Crippen molar-refractivity contribution in [3.63, 3.8) is 0 Å². The van der Waals surface area contributed by atoms with Crippen molar-refractivity contribution in [3.05, 3.63) is 77.4 Å². The Morgan fingerprint density at radius 1 is 1.04 bits per heavy atom. The van der Waals surface area contributed by atoms with E-state index >= 15 is 0 Å². The van der Waals surface area contributed by atoms with Crippen LogP contribution in [0.15, 0.2) is 60.2 Å². The van der Waals surface area contributed by atoms with Crippen LogP contribution in [-0.4, -0.2) is 17.3 Å². The van der Waals surface area contributed by atoms with E-state index in [1.807, 2.05) is 0 Å². The summed E-state index contributed by atoms with van der Waals surface area (Å²) in [6, 6.07) is 10.8. The Labute approximate surface area is 141 Å². The van der Waals surface area contributed by atoms with Crippen molar-refractivity contribution in [2.75, 3.05) is 0 Å². The molecule has 0 radical (unpaired) electrons. The smallest absolute Gasteiger partial charge is 0.288 e. The molecule has 2 aromatic rings. The first-order valence-corrected chi connectivity index (χ1v) is 7.01. The van der Waals surface area contributed by atoms with Gasteiger partial charge in [0.05, 0.1) is 17.5 Å². The monoisotopic (exact) mass is 349 g/mol. The third-order valence-electron chi connectivity index (χ3n) is 3.25. The Kier molecular flexibility index (Phi) is 5.56. The number of halogens is 3. The average Bonchev–Trinajstić information content (AvgIpc) is 2.60. The summed E-state index contributed by atoms with van der Waals surface area (Å²) in [5.41, 5.74) is 5.30. The molecular weight excluding hydrogens is 335 g/mol. The van der Waals surface area contributed by atoms with Gasteiger partial charge in [0.2, 0.25) is 0 Å². The molecule has 0 saturated heterocycles. The Bertz CT molecular complexity index is 782. The van der Waals surface area contributed by atoms with E-state index in [-0.39, 0.29) is 5.56 Å². The highest BCUT2D eigenvalue weighted by atomic mass is 19.4. The van der Waals surface area contributed by atoms with Crippen LogP contribution in [0.4, 0.5) is 13.2 Å². The SMILES string of the molecule is C=C(N/N=C/c1ccc(C(F)(F)F)cc1)c1ccc(C(=O)NO)cc1. The number of benzene rings is 2. The van der Waals surface area contributed by atoms with Gasteiger partial charge in [-0.1, -0.05) is 30.8 Å². The third kappa shape index (κ3) is 4.92. The minimum absolute atomic E-state index is 0.271. The average molecular weight is 349 g/mol. The molecule has 5 nitrogen and oxygen atoms in total. The van der Waals surface area contributed by atoms with Gasteiger partial charge >= 0.3 is 6.18 Å². The number of hydrogen-bond acceptors (Lipinski definition) is 4. The van der Waals surface area contributed by atoms with Crippen molar-refractivity contribution in [2.45, 2.75) is 6.18 Å². The van der Waals surface area contributed by atoms with Gasteiger partial charge in [-0.2, -0.15) is 18.3 Å². The Hall–Kier alpha value is -3.13. The van der Waals surface area contributed by atoms with E-state index in [0.29, 0.717) is 16.8 Å². The highest BCUT2D eigenvalue weighted by Crippen LogP contribution is 2.28. The second-order valence-corrected chi connectivity index (χ2v) is 4.99. The molecule has 0 saturated carbocycles. The van der Waals surface area contributed by atoms with Crippen LogP contribution >= 0.6 is 0 Å². The quantitative estimate of drug-likeness (QED) is 0.440.